The van der Waals surface area contributed by atoms with Gasteiger partial charge in [0, 0.05) is 11.6 Å². The Kier molecular flexibility index (Phi) is 4.38. The molecule has 116 valence electrons. The lowest BCUT2D eigenvalue weighted by molar-refractivity contribution is 0.288. The highest BCUT2D eigenvalue weighted by molar-refractivity contribution is 7.89. The standard InChI is InChI=1S/C16H16ClNO3S/c17-14-4-1-5-15(10-14)22(19,20)18-11-12-6-7-16-13(9-12)3-2-8-21-16/h1,4-7,9-10,18H,2-3,8,11H2. The topological polar surface area (TPSA) is 55.4 Å². The van der Waals surface area contributed by atoms with Gasteiger partial charge in [-0.2, -0.15) is 0 Å². The van der Waals surface area contributed by atoms with Crippen molar-refractivity contribution in [2.45, 2.75) is 24.3 Å². The van der Waals surface area contributed by atoms with Crippen LogP contribution in [-0.2, 0) is 23.0 Å². The SMILES string of the molecule is O=S(=O)(NCc1ccc2c(c1)CCCO2)c1cccc(Cl)c1. The van der Waals surface area contributed by atoms with E-state index in [1.807, 2.05) is 18.2 Å². The van der Waals surface area contributed by atoms with E-state index in [1.165, 1.54) is 12.1 Å². The summed E-state index contributed by atoms with van der Waals surface area (Å²) in [4.78, 5) is 0.168. The molecular formula is C16H16ClNO3S. The zero-order valence-corrected chi connectivity index (χ0v) is 13.5. The molecule has 0 saturated carbocycles. The van der Waals surface area contributed by atoms with E-state index >= 15 is 0 Å². The van der Waals surface area contributed by atoms with E-state index in [0.717, 1.165) is 36.3 Å². The molecule has 0 fully saturated rings. The minimum Gasteiger partial charge on any atom is -0.493 e. The fraction of sp³-hybridized carbons (Fsp3) is 0.250. The minimum absolute atomic E-state index is 0.168. The number of hydrogen-bond acceptors (Lipinski definition) is 3. The molecule has 3 rings (SSSR count). The second kappa shape index (κ2) is 6.28. The van der Waals surface area contributed by atoms with Gasteiger partial charge in [-0.3, -0.25) is 0 Å². The van der Waals surface area contributed by atoms with Gasteiger partial charge < -0.3 is 4.74 Å². The molecule has 0 bridgehead atoms. The van der Waals surface area contributed by atoms with Crippen LogP contribution in [0.3, 0.4) is 0 Å². The van der Waals surface area contributed by atoms with Gasteiger partial charge >= 0.3 is 0 Å². The van der Waals surface area contributed by atoms with Crippen molar-refractivity contribution in [3.05, 3.63) is 58.6 Å². The summed E-state index contributed by atoms with van der Waals surface area (Å²) < 4.78 is 32.7. The third-order valence-electron chi connectivity index (χ3n) is 3.55. The first kappa shape index (κ1) is 15.3. The van der Waals surface area contributed by atoms with Crippen molar-refractivity contribution in [3.63, 3.8) is 0 Å². The second-order valence-corrected chi connectivity index (χ2v) is 7.38. The number of fused-ring (bicyclic) bond motifs is 1. The van der Waals surface area contributed by atoms with Crippen LogP contribution in [0.1, 0.15) is 17.5 Å². The molecule has 0 atom stereocenters. The fourth-order valence-corrected chi connectivity index (χ4v) is 3.74. The van der Waals surface area contributed by atoms with E-state index < -0.39 is 10.0 Å². The van der Waals surface area contributed by atoms with Crippen LogP contribution >= 0.6 is 11.6 Å². The van der Waals surface area contributed by atoms with E-state index in [1.54, 1.807) is 12.1 Å². The number of rotatable bonds is 4. The maximum absolute atomic E-state index is 12.3. The summed E-state index contributed by atoms with van der Waals surface area (Å²) in [6.45, 7) is 0.982. The molecule has 2 aromatic rings. The molecule has 6 heteroatoms. The number of hydrogen-bond donors (Lipinski definition) is 1. The Morgan fingerprint density at radius 1 is 1.18 bits per heavy atom. The van der Waals surface area contributed by atoms with Gasteiger partial charge in [-0.15, -0.1) is 0 Å². The van der Waals surface area contributed by atoms with Gasteiger partial charge in [-0.05, 0) is 48.2 Å². The average Bonchev–Trinajstić information content (AvgIpc) is 2.53. The molecule has 2 aromatic carbocycles. The molecular weight excluding hydrogens is 322 g/mol. The van der Waals surface area contributed by atoms with Gasteiger partial charge in [0.15, 0.2) is 0 Å². The zero-order chi connectivity index (χ0) is 15.6. The first-order valence-electron chi connectivity index (χ1n) is 7.04. The summed E-state index contributed by atoms with van der Waals surface area (Å²) in [7, 11) is -3.57. The molecule has 0 unspecified atom stereocenters. The van der Waals surface area contributed by atoms with Crippen LogP contribution in [-0.4, -0.2) is 15.0 Å². The predicted octanol–water partition coefficient (Wildman–Crippen LogP) is 3.14. The van der Waals surface area contributed by atoms with Gasteiger partial charge in [0.25, 0.3) is 0 Å². The van der Waals surface area contributed by atoms with Crippen LogP contribution < -0.4 is 9.46 Å². The van der Waals surface area contributed by atoms with E-state index in [9.17, 15) is 8.42 Å². The monoisotopic (exact) mass is 337 g/mol. The van der Waals surface area contributed by atoms with Crippen molar-refractivity contribution in [3.8, 4) is 5.75 Å². The van der Waals surface area contributed by atoms with Gasteiger partial charge in [-0.25, -0.2) is 13.1 Å². The highest BCUT2D eigenvalue weighted by Crippen LogP contribution is 2.25. The lowest BCUT2D eigenvalue weighted by atomic mass is 10.0. The summed E-state index contributed by atoms with van der Waals surface area (Å²) in [5.41, 5.74) is 2.04. The smallest absolute Gasteiger partial charge is 0.240 e. The van der Waals surface area contributed by atoms with Crippen molar-refractivity contribution in [2.75, 3.05) is 6.61 Å². The third kappa shape index (κ3) is 3.43. The number of benzene rings is 2. The van der Waals surface area contributed by atoms with Crippen molar-refractivity contribution >= 4 is 21.6 Å². The summed E-state index contributed by atoms with van der Waals surface area (Å²) in [5.74, 6) is 0.896. The van der Waals surface area contributed by atoms with Crippen LogP contribution in [0.4, 0.5) is 0 Å². The van der Waals surface area contributed by atoms with E-state index in [4.69, 9.17) is 16.3 Å². The maximum Gasteiger partial charge on any atom is 0.240 e. The predicted molar refractivity (Wildman–Crippen MR) is 85.7 cm³/mol. The van der Waals surface area contributed by atoms with Crippen LogP contribution in [0.25, 0.3) is 0 Å². The summed E-state index contributed by atoms with van der Waals surface area (Å²) in [6.07, 6.45) is 1.95. The Labute approximate surface area is 135 Å². The molecule has 0 amide bonds. The Bertz CT molecular complexity index is 790. The van der Waals surface area contributed by atoms with Crippen molar-refractivity contribution < 1.29 is 13.2 Å². The largest absolute Gasteiger partial charge is 0.493 e. The quantitative estimate of drug-likeness (QED) is 0.932. The van der Waals surface area contributed by atoms with Crippen LogP contribution in [0.2, 0.25) is 5.02 Å². The molecule has 0 saturated heterocycles. The molecule has 0 aromatic heterocycles. The van der Waals surface area contributed by atoms with Gasteiger partial charge in [0.1, 0.15) is 5.75 Å². The summed E-state index contributed by atoms with van der Waals surface area (Å²) in [6, 6.07) is 12.0. The number of sulfonamides is 1. The third-order valence-corrected chi connectivity index (χ3v) is 5.18. The Hall–Kier alpha value is -1.56. The van der Waals surface area contributed by atoms with E-state index in [0.29, 0.717) is 5.02 Å². The molecule has 0 aliphatic carbocycles. The lowest BCUT2D eigenvalue weighted by Gasteiger charge is -2.18. The zero-order valence-electron chi connectivity index (χ0n) is 11.9. The van der Waals surface area contributed by atoms with Gasteiger partial charge in [-0.1, -0.05) is 29.8 Å². The van der Waals surface area contributed by atoms with Crippen LogP contribution in [0, 0.1) is 0 Å². The van der Waals surface area contributed by atoms with Gasteiger partial charge in [0.2, 0.25) is 10.0 Å². The Morgan fingerprint density at radius 3 is 2.86 bits per heavy atom. The maximum atomic E-state index is 12.3. The highest BCUT2D eigenvalue weighted by Gasteiger charge is 2.15. The molecule has 1 heterocycles. The Balaban J connectivity index is 1.74. The summed E-state index contributed by atoms with van der Waals surface area (Å²) in [5, 5.41) is 0.397. The minimum atomic E-state index is -3.57. The lowest BCUT2D eigenvalue weighted by Crippen LogP contribution is -2.23. The highest BCUT2D eigenvalue weighted by atomic mass is 35.5. The molecule has 1 aliphatic rings. The number of ether oxygens (including phenoxy) is 1. The Morgan fingerprint density at radius 2 is 2.05 bits per heavy atom. The van der Waals surface area contributed by atoms with Gasteiger partial charge in [0.05, 0.1) is 11.5 Å². The first-order chi connectivity index (χ1) is 10.5. The molecule has 1 aliphatic heterocycles. The normalized spacial score (nSPS) is 14.2. The number of aryl methyl sites for hydroxylation is 1. The van der Waals surface area contributed by atoms with E-state index in [2.05, 4.69) is 4.72 Å². The van der Waals surface area contributed by atoms with Crippen LogP contribution in [0.5, 0.6) is 5.75 Å². The number of nitrogens with one attached hydrogen (secondary N) is 1. The molecule has 4 nitrogen and oxygen atoms in total. The molecule has 0 spiro atoms. The number of halogens is 1. The molecule has 1 N–H and O–H groups in total. The fourth-order valence-electron chi connectivity index (χ4n) is 2.42. The van der Waals surface area contributed by atoms with Crippen molar-refractivity contribution in [1.82, 2.24) is 4.72 Å². The first-order valence-corrected chi connectivity index (χ1v) is 8.90. The van der Waals surface area contributed by atoms with Crippen molar-refractivity contribution in [1.29, 1.82) is 0 Å². The average molecular weight is 338 g/mol. The van der Waals surface area contributed by atoms with Crippen molar-refractivity contribution in [2.24, 2.45) is 0 Å². The molecule has 22 heavy (non-hydrogen) atoms. The summed E-state index contributed by atoms with van der Waals surface area (Å²) >= 11 is 5.84. The van der Waals surface area contributed by atoms with Crippen LogP contribution in [0.15, 0.2) is 47.4 Å². The second-order valence-electron chi connectivity index (χ2n) is 5.18. The van der Waals surface area contributed by atoms with E-state index in [-0.39, 0.29) is 11.4 Å². The molecule has 0 radical (unpaired) electrons.